The number of likely N-dealkylation sites (N-methyl/N-ethyl adjacent to an activating group) is 1. The summed E-state index contributed by atoms with van der Waals surface area (Å²) in [6.45, 7) is 7.59. The zero-order valence-electron chi connectivity index (χ0n) is 12.8. The number of thioether (sulfide) groups is 1. The van der Waals surface area contributed by atoms with Crippen LogP contribution in [0.2, 0.25) is 0 Å². The van der Waals surface area contributed by atoms with Crippen LogP contribution in [0, 0.1) is 5.41 Å². The standard InChI is InChI=1S/C15H25N3OS/c1-5-20-13-8-6-7-12(14(13)15(16)17)18(4)9-10-19-11(2)3/h6-8,11H,5,9-10H2,1-4H3,(H3,16,17). The molecule has 5 heteroatoms. The Morgan fingerprint density at radius 3 is 2.70 bits per heavy atom. The van der Waals surface area contributed by atoms with Crippen LogP contribution in [-0.2, 0) is 4.74 Å². The summed E-state index contributed by atoms with van der Waals surface area (Å²) in [6.07, 6.45) is 0.234. The van der Waals surface area contributed by atoms with Gasteiger partial charge < -0.3 is 15.4 Å². The average molecular weight is 295 g/mol. The van der Waals surface area contributed by atoms with Gasteiger partial charge in [-0.3, -0.25) is 5.41 Å². The molecule has 0 amide bonds. The fourth-order valence-corrected chi connectivity index (χ4v) is 2.77. The number of hydrogen-bond donors (Lipinski definition) is 2. The molecule has 3 N–H and O–H groups in total. The van der Waals surface area contributed by atoms with Gasteiger partial charge in [-0.1, -0.05) is 13.0 Å². The van der Waals surface area contributed by atoms with Crippen molar-refractivity contribution in [3.63, 3.8) is 0 Å². The number of nitrogens with zero attached hydrogens (tertiary/aromatic N) is 1. The lowest BCUT2D eigenvalue weighted by Crippen LogP contribution is -2.27. The highest BCUT2D eigenvalue weighted by Crippen LogP contribution is 2.30. The van der Waals surface area contributed by atoms with Gasteiger partial charge in [-0.25, -0.2) is 0 Å². The van der Waals surface area contributed by atoms with E-state index in [1.165, 1.54) is 0 Å². The predicted molar refractivity (Wildman–Crippen MR) is 88.2 cm³/mol. The van der Waals surface area contributed by atoms with E-state index in [1.807, 2.05) is 39.1 Å². The molecule has 0 radical (unpaired) electrons. The van der Waals surface area contributed by atoms with E-state index in [2.05, 4.69) is 11.8 Å². The minimum absolute atomic E-state index is 0.119. The first-order valence-electron chi connectivity index (χ1n) is 6.90. The summed E-state index contributed by atoms with van der Waals surface area (Å²) in [7, 11) is 2.01. The van der Waals surface area contributed by atoms with Crippen LogP contribution >= 0.6 is 11.8 Å². The molecular weight excluding hydrogens is 270 g/mol. The van der Waals surface area contributed by atoms with Crippen LogP contribution in [-0.4, -0.2) is 37.9 Å². The second-order valence-electron chi connectivity index (χ2n) is 4.84. The summed E-state index contributed by atoms with van der Waals surface area (Å²) in [6, 6.07) is 6.04. The lowest BCUT2D eigenvalue weighted by Gasteiger charge is -2.24. The largest absolute Gasteiger partial charge is 0.384 e. The van der Waals surface area contributed by atoms with E-state index in [-0.39, 0.29) is 11.9 Å². The van der Waals surface area contributed by atoms with Gasteiger partial charge >= 0.3 is 0 Å². The number of anilines is 1. The van der Waals surface area contributed by atoms with E-state index in [4.69, 9.17) is 15.9 Å². The molecule has 0 saturated carbocycles. The monoisotopic (exact) mass is 295 g/mol. The molecule has 0 bridgehead atoms. The number of nitrogen functional groups attached to an aromatic ring is 1. The lowest BCUT2D eigenvalue weighted by molar-refractivity contribution is 0.0846. The molecule has 0 unspecified atom stereocenters. The minimum Gasteiger partial charge on any atom is -0.384 e. The molecule has 0 spiro atoms. The number of benzene rings is 1. The van der Waals surface area contributed by atoms with Crippen LogP contribution < -0.4 is 10.6 Å². The van der Waals surface area contributed by atoms with E-state index >= 15 is 0 Å². The van der Waals surface area contributed by atoms with E-state index in [0.29, 0.717) is 6.61 Å². The summed E-state index contributed by atoms with van der Waals surface area (Å²) in [4.78, 5) is 3.16. The maximum absolute atomic E-state index is 7.84. The first-order valence-corrected chi connectivity index (χ1v) is 7.88. The molecule has 112 valence electrons. The van der Waals surface area contributed by atoms with Gasteiger partial charge in [0.15, 0.2) is 0 Å². The van der Waals surface area contributed by atoms with Crippen molar-refractivity contribution in [3.8, 4) is 0 Å². The molecule has 4 nitrogen and oxygen atoms in total. The summed E-state index contributed by atoms with van der Waals surface area (Å²) < 4.78 is 5.58. The molecular formula is C15H25N3OS. The van der Waals surface area contributed by atoms with Crippen molar-refractivity contribution in [1.29, 1.82) is 5.41 Å². The summed E-state index contributed by atoms with van der Waals surface area (Å²) >= 11 is 1.71. The average Bonchev–Trinajstić information content (AvgIpc) is 2.38. The van der Waals surface area contributed by atoms with Crippen molar-refractivity contribution in [2.45, 2.75) is 31.8 Å². The van der Waals surface area contributed by atoms with Gasteiger partial charge in [0.1, 0.15) is 5.84 Å². The van der Waals surface area contributed by atoms with Crippen molar-refractivity contribution in [3.05, 3.63) is 23.8 Å². The van der Waals surface area contributed by atoms with Gasteiger partial charge in [0, 0.05) is 24.2 Å². The van der Waals surface area contributed by atoms with E-state index in [1.54, 1.807) is 11.8 Å². The van der Waals surface area contributed by atoms with Crippen LogP contribution in [0.3, 0.4) is 0 Å². The van der Waals surface area contributed by atoms with Gasteiger partial charge in [0.25, 0.3) is 0 Å². The van der Waals surface area contributed by atoms with Gasteiger partial charge in [-0.05, 0) is 31.7 Å². The summed E-state index contributed by atoms with van der Waals surface area (Å²) in [5.74, 6) is 1.08. The molecule has 0 saturated heterocycles. The molecule has 0 aliphatic heterocycles. The second kappa shape index (κ2) is 8.17. The van der Waals surface area contributed by atoms with Crippen LogP contribution in [0.5, 0.6) is 0 Å². The Morgan fingerprint density at radius 1 is 1.45 bits per heavy atom. The molecule has 0 heterocycles. The number of rotatable bonds is 8. The number of ether oxygens (including phenoxy) is 1. The van der Waals surface area contributed by atoms with E-state index < -0.39 is 0 Å². The highest BCUT2D eigenvalue weighted by molar-refractivity contribution is 7.99. The molecule has 0 atom stereocenters. The number of nitrogens with one attached hydrogen (secondary N) is 1. The lowest BCUT2D eigenvalue weighted by atomic mass is 10.1. The van der Waals surface area contributed by atoms with Crippen LogP contribution in [0.4, 0.5) is 5.69 Å². The van der Waals surface area contributed by atoms with Crippen LogP contribution in [0.25, 0.3) is 0 Å². The number of hydrogen-bond acceptors (Lipinski definition) is 4. The molecule has 0 aromatic heterocycles. The Balaban J connectivity index is 2.92. The topological polar surface area (TPSA) is 62.3 Å². The third kappa shape index (κ3) is 4.72. The number of nitrogens with two attached hydrogens (primary N) is 1. The summed E-state index contributed by atoms with van der Waals surface area (Å²) in [5, 5.41) is 7.84. The molecule has 0 aliphatic rings. The van der Waals surface area contributed by atoms with E-state index in [0.717, 1.165) is 28.4 Å². The van der Waals surface area contributed by atoms with Crippen LogP contribution in [0.1, 0.15) is 26.3 Å². The highest BCUT2D eigenvalue weighted by Gasteiger charge is 2.14. The first kappa shape index (κ1) is 16.9. The zero-order chi connectivity index (χ0) is 15.1. The fraction of sp³-hybridized carbons (Fsp3) is 0.533. The Hall–Kier alpha value is -1.20. The van der Waals surface area contributed by atoms with Crippen molar-refractivity contribution in [2.24, 2.45) is 5.73 Å². The molecule has 0 fully saturated rings. The normalized spacial score (nSPS) is 10.8. The third-order valence-corrected chi connectivity index (χ3v) is 3.80. The molecule has 20 heavy (non-hydrogen) atoms. The molecule has 1 aromatic carbocycles. The minimum atomic E-state index is 0.119. The SMILES string of the molecule is CCSc1cccc(N(C)CCOC(C)C)c1C(=N)N. The number of amidine groups is 1. The van der Waals surface area contributed by atoms with Crippen molar-refractivity contribution < 1.29 is 4.74 Å². The van der Waals surface area contributed by atoms with Crippen molar-refractivity contribution in [2.75, 3.05) is 30.9 Å². The van der Waals surface area contributed by atoms with Crippen molar-refractivity contribution in [1.82, 2.24) is 0 Å². The van der Waals surface area contributed by atoms with Gasteiger partial charge in [0.2, 0.25) is 0 Å². The van der Waals surface area contributed by atoms with E-state index in [9.17, 15) is 0 Å². The highest BCUT2D eigenvalue weighted by atomic mass is 32.2. The predicted octanol–water partition coefficient (Wildman–Crippen LogP) is 2.94. The zero-order valence-corrected chi connectivity index (χ0v) is 13.6. The third-order valence-electron chi connectivity index (χ3n) is 2.86. The quantitative estimate of drug-likeness (QED) is 0.440. The van der Waals surface area contributed by atoms with Crippen molar-refractivity contribution >= 4 is 23.3 Å². The fourth-order valence-electron chi connectivity index (χ4n) is 1.93. The summed E-state index contributed by atoms with van der Waals surface area (Å²) in [5.41, 5.74) is 7.59. The Kier molecular flexibility index (Phi) is 6.88. The maximum atomic E-state index is 7.84. The first-order chi connectivity index (χ1) is 9.47. The van der Waals surface area contributed by atoms with Gasteiger partial charge in [0.05, 0.1) is 18.3 Å². The maximum Gasteiger partial charge on any atom is 0.126 e. The molecule has 1 rings (SSSR count). The molecule has 1 aromatic rings. The Bertz CT molecular complexity index is 449. The second-order valence-corrected chi connectivity index (χ2v) is 6.14. The smallest absolute Gasteiger partial charge is 0.126 e. The Labute approximate surface area is 126 Å². The van der Waals surface area contributed by atoms with Crippen LogP contribution in [0.15, 0.2) is 23.1 Å². The Morgan fingerprint density at radius 2 is 2.15 bits per heavy atom. The van der Waals surface area contributed by atoms with Gasteiger partial charge in [-0.15, -0.1) is 11.8 Å². The van der Waals surface area contributed by atoms with Gasteiger partial charge in [-0.2, -0.15) is 0 Å². The molecule has 0 aliphatic carbocycles.